The zero-order chi connectivity index (χ0) is 15.0. The Balaban J connectivity index is 0.00000242. The van der Waals surface area contributed by atoms with Crippen molar-refractivity contribution in [3.05, 3.63) is 60.7 Å². The van der Waals surface area contributed by atoms with Crippen molar-refractivity contribution < 1.29 is 30.2 Å². The molecule has 0 saturated carbocycles. The third-order valence-electron chi connectivity index (χ3n) is 3.46. The maximum atomic E-state index is 13.4. The quantitative estimate of drug-likeness (QED) is 0.406. The van der Waals surface area contributed by atoms with Crippen LogP contribution in [0, 0.1) is 0 Å². The number of hydrogen-bond donors (Lipinski definition) is 0. The third-order valence-corrected chi connectivity index (χ3v) is 5.97. The molecule has 0 heterocycles. The van der Waals surface area contributed by atoms with Crippen molar-refractivity contribution in [3.63, 3.8) is 0 Å². The van der Waals surface area contributed by atoms with Crippen LogP contribution in [0.4, 0.5) is 0 Å². The van der Waals surface area contributed by atoms with Gasteiger partial charge in [0.2, 0.25) is 0 Å². The molecule has 0 spiro atoms. The third kappa shape index (κ3) is 5.20. The summed E-state index contributed by atoms with van der Waals surface area (Å²) in [6.07, 6.45) is 4.47. The topological polar surface area (TPSA) is 26.3 Å². The molecule has 0 aliphatic carbocycles. The Kier molecular flexibility index (Phi) is 8.94. The van der Waals surface area contributed by atoms with Crippen LogP contribution in [0.3, 0.4) is 0 Å². The van der Waals surface area contributed by atoms with Crippen LogP contribution in [0.1, 0.15) is 32.6 Å². The number of rotatable bonds is 8. The molecule has 2 aromatic carbocycles. The Bertz CT molecular complexity index is 529. The Labute approximate surface area is 148 Å². The second-order valence-electron chi connectivity index (χ2n) is 5.12. The summed E-state index contributed by atoms with van der Waals surface area (Å²) in [5, 5.41) is 1.54. The van der Waals surface area contributed by atoms with Gasteiger partial charge in [-0.3, -0.25) is 4.57 Å². The Morgan fingerprint density at radius 2 is 1.32 bits per heavy atom. The van der Waals surface area contributed by atoms with Gasteiger partial charge in [0.15, 0.2) is 0 Å². The van der Waals surface area contributed by atoms with Crippen LogP contribution in [-0.2, 0) is 30.2 Å². The van der Waals surface area contributed by atoms with Crippen molar-refractivity contribution in [3.8, 4) is 0 Å². The van der Waals surface area contributed by atoms with Gasteiger partial charge < -0.3 is 4.52 Å². The van der Waals surface area contributed by atoms with E-state index < -0.39 is 7.37 Å². The van der Waals surface area contributed by atoms with E-state index in [0.29, 0.717) is 6.61 Å². The maximum Gasteiger partial charge on any atom is 0.261 e. The van der Waals surface area contributed by atoms with E-state index in [4.69, 9.17) is 4.52 Å². The molecule has 0 saturated heterocycles. The van der Waals surface area contributed by atoms with Gasteiger partial charge in [-0.25, -0.2) is 0 Å². The van der Waals surface area contributed by atoms with Gasteiger partial charge in [0, 0.05) is 31.7 Å². The monoisotopic (exact) mass is 486 g/mol. The molecule has 2 aromatic rings. The Morgan fingerprint density at radius 3 is 1.77 bits per heavy atom. The fourth-order valence-corrected chi connectivity index (χ4v) is 4.38. The molecule has 0 amide bonds. The second-order valence-corrected chi connectivity index (χ2v) is 7.51. The SMILES string of the molecule is CCCCCCOP(=O)(c1ccccc1)c1ccccc1.[W]. The summed E-state index contributed by atoms with van der Waals surface area (Å²) in [6.45, 7) is 2.72. The van der Waals surface area contributed by atoms with E-state index in [1.165, 1.54) is 12.8 Å². The molecule has 0 aromatic heterocycles. The van der Waals surface area contributed by atoms with E-state index in [0.717, 1.165) is 23.5 Å². The molecule has 0 aliphatic rings. The van der Waals surface area contributed by atoms with Crippen molar-refractivity contribution in [2.75, 3.05) is 6.61 Å². The summed E-state index contributed by atoms with van der Waals surface area (Å²) in [7, 11) is -2.97. The first-order valence-electron chi connectivity index (χ1n) is 7.63. The normalized spacial score (nSPS) is 11.0. The van der Waals surface area contributed by atoms with E-state index in [9.17, 15) is 4.57 Å². The van der Waals surface area contributed by atoms with E-state index in [-0.39, 0.29) is 21.1 Å². The fourth-order valence-electron chi connectivity index (χ4n) is 2.27. The molecule has 22 heavy (non-hydrogen) atoms. The summed E-state index contributed by atoms with van der Waals surface area (Å²) < 4.78 is 19.3. The van der Waals surface area contributed by atoms with Gasteiger partial charge in [0.1, 0.15) is 0 Å². The van der Waals surface area contributed by atoms with Gasteiger partial charge in [0.25, 0.3) is 7.37 Å². The zero-order valence-corrected chi connectivity index (χ0v) is 16.8. The van der Waals surface area contributed by atoms with Crippen LogP contribution in [0.25, 0.3) is 0 Å². The summed E-state index contributed by atoms with van der Waals surface area (Å²) in [5.74, 6) is 0. The van der Waals surface area contributed by atoms with E-state index in [2.05, 4.69) is 6.92 Å². The summed E-state index contributed by atoms with van der Waals surface area (Å²) in [4.78, 5) is 0. The minimum absolute atomic E-state index is 0. The second kappa shape index (κ2) is 10.2. The minimum Gasteiger partial charge on any atom is -0.322 e. The van der Waals surface area contributed by atoms with Gasteiger partial charge in [-0.05, 0) is 30.7 Å². The van der Waals surface area contributed by atoms with Crippen LogP contribution in [0.2, 0.25) is 0 Å². The van der Waals surface area contributed by atoms with Crippen LogP contribution in [0.5, 0.6) is 0 Å². The Hall–Kier alpha value is -0.682. The van der Waals surface area contributed by atoms with Gasteiger partial charge in [-0.15, -0.1) is 0 Å². The average Bonchev–Trinajstić information content (AvgIpc) is 2.56. The predicted octanol–water partition coefficient (Wildman–Crippen LogP) is 4.51. The van der Waals surface area contributed by atoms with Crippen molar-refractivity contribution in [1.82, 2.24) is 0 Å². The first kappa shape index (κ1) is 19.4. The fraction of sp³-hybridized carbons (Fsp3) is 0.333. The molecule has 2 rings (SSSR count). The number of hydrogen-bond acceptors (Lipinski definition) is 2. The molecule has 0 aliphatic heterocycles. The number of benzene rings is 2. The Morgan fingerprint density at radius 1 is 0.818 bits per heavy atom. The van der Waals surface area contributed by atoms with Gasteiger partial charge in [-0.2, -0.15) is 0 Å². The first-order valence-corrected chi connectivity index (χ1v) is 9.25. The molecular weight excluding hydrogens is 463 g/mol. The van der Waals surface area contributed by atoms with Crippen molar-refractivity contribution in [1.29, 1.82) is 0 Å². The van der Waals surface area contributed by atoms with Crippen LogP contribution < -0.4 is 10.6 Å². The zero-order valence-electron chi connectivity index (χ0n) is 13.0. The largest absolute Gasteiger partial charge is 0.322 e. The smallest absolute Gasteiger partial charge is 0.261 e. The van der Waals surface area contributed by atoms with E-state index in [1.54, 1.807) is 0 Å². The van der Waals surface area contributed by atoms with Gasteiger partial charge in [-0.1, -0.05) is 62.6 Å². The van der Waals surface area contributed by atoms with Crippen molar-refractivity contribution in [2.45, 2.75) is 32.6 Å². The molecule has 118 valence electrons. The molecule has 2 nitrogen and oxygen atoms in total. The molecule has 0 radical (unpaired) electrons. The van der Waals surface area contributed by atoms with Crippen molar-refractivity contribution in [2.24, 2.45) is 0 Å². The summed E-state index contributed by atoms with van der Waals surface area (Å²) >= 11 is 0. The van der Waals surface area contributed by atoms with Gasteiger partial charge >= 0.3 is 0 Å². The summed E-state index contributed by atoms with van der Waals surface area (Å²) in [6, 6.07) is 19.0. The van der Waals surface area contributed by atoms with Crippen LogP contribution in [-0.4, -0.2) is 6.61 Å². The standard InChI is InChI=1S/C18H23O2P.W/c1-2-3-4-11-16-20-21(19,17-12-7-5-8-13-17)18-14-9-6-10-15-18;/h5-10,12-15H,2-4,11,16H2,1H3;. The molecule has 0 fully saturated rings. The molecule has 0 atom stereocenters. The predicted molar refractivity (Wildman–Crippen MR) is 89.9 cm³/mol. The molecule has 0 bridgehead atoms. The molecule has 0 N–H and O–H groups in total. The van der Waals surface area contributed by atoms with E-state index in [1.807, 2.05) is 60.7 Å². The van der Waals surface area contributed by atoms with Gasteiger partial charge in [0.05, 0.1) is 6.61 Å². The molecular formula is C18H23O2PW. The van der Waals surface area contributed by atoms with Crippen LogP contribution >= 0.6 is 7.37 Å². The van der Waals surface area contributed by atoms with Crippen LogP contribution in [0.15, 0.2) is 60.7 Å². The van der Waals surface area contributed by atoms with Crippen molar-refractivity contribution >= 4 is 18.0 Å². The maximum absolute atomic E-state index is 13.4. The molecule has 4 heteroatoms. The first-order chi connectivity index (χ1) is 10.3. The number of unbranched alkanes of at least 4 members (excludes halogenated alkanes) is 3. The summed E-state index contributed by atoms with van der Waals surface area (Å²) in [5.41, 5.74) is 0. The average molecular weight is 486 g/mol. The van der Waals surface area contributed by atoms with E-state index >= 15 is 0 Å². The minimum atomic E-state index is -2.97. The molecule has 0 unspecified atom stereocenters.